The van der Waals surface area contributed by atoms with Crippen LogP contribution < -0.4 is 10.0 Å². The van der Waals surface area contributed by atoms with Crippen LogP contribution in [0.4, 0.5) is 10.1 Å². The van der Waals surface area contributed by atoms with Crippen molar-refractivity contribution in [1.29, 1.82) is 0 Å². The molecule has 0 spiro atoms. The van der Waals surface area contributed by atoms with Crippen LogP contribution in [0.5, 0.6) is 0 Å². The van der Waals surface area contributed by atoms with Gasteiger partial charge in [0.05, 0.1) is 11.3 Å². The van der Waals surface area contributed by atoms with Gasteiger partial charge in [-0.05, 0) is 85.9 Å². The van der Waals surface area contributed by atoms with Crippen LogP contribution in [0, 0.1) is 11.7 Å². The maximum atomic E-state index is 15.6. The van der Waals surface area contributed by atoms with Crippen LogP contribution in [0.3, 0.4) is 0 Å². The zero-order valence-corrected chi connectivity index (χ0v) is 20.4. The predicted molar refractivity (Wildman–Crippen MR) is 132 cm³/mol. The molecule has 8 heteroatoms. The molecule has 0 unspecified atom stereocenters. The highest BCUT2D eigenvalue weighted by Gasteiger charge is 2.38. The van der Waals surface area contributed by atoms with Crippen molar-refractivity contribution in [1.82, 2.24) is 0 Å². The summed E-state index contributed by atoms with van der Waals surface area (Å²) in [6.07, 6.45) is 2.53. The number of rotatable bonds is 6. The highest BCUT2D eigenvalue weighted by Crippen LogP contribution is 2.50. The quantitative estimate of drug-likeness (QED) is 0.635. The van der Waals surface area contributed by atoms with E-state index in [0.717, 1.165) is 27.3 Å². The molecule has 0 saturated carbocycles. The summed E-state index contributed by atoms with van der Waals surface area (Å²) in [7, 11) is -2.31. The molecule has 1 amide bonds. The third kappa shape index (κ3) is 4.05. The Kier molecular flexibility index (Phi) is 5.94. The molecule has 0 heterocycles. The second-order valence-electron chi connectivity index (χ2n) is 9.58. The van der Waals surface area contributed by atoms with E-state index in [1.807, 2.05) is 0 Å². The summed E-state index contributed by atoms with van der Waals surface area (Å²) in [5.74, 6) is -1.21. The van der Waals surface area contributed by atoms with Gasteiger partial charge >= 0.3 is 0 Å². The van der Waals surface area contributed by atoms with Gasteiger partial charge in [0.15, 0.2) is 0 Å². The van der Waals surface area contributed by atoms with Crippen molar-refractivity contribution in [3.8, 4) is 11.1 Å². The van der Waals surface area contributed by atoms with E-state index < -0.39 is 27.3 Å². The molecule has 0 fully saturated rings. The lowest BCUT2D eigenvalue weighted by Crippen LogP contribution is -2.32. The molecule has 4 rings (SSSR count). The fraction of sp³-hybridized carbons (Fsp3) is 0.346. The first-order chi connectivity index (χ1) is 15.8. The molecule has 0 aromatic heterocycles. The summed E-state index contributed by atoms with van der Waals surface area (Å²) in [6, 6.07) is 7.81. The Morgan fingerprint density at radius 1 is 1.29 bits per heavy atom. The first kappa shape index (κ1) is 24.2. The van der Waals surface area contributed by atoms with Crippen LogP contribution in [-0.4, -0.2) is 32.1 Å². The van der Waals surface area contributed by atoms with E-state index in [9.17, 15) is 18.3 Å². The summed E-state index contributed by atoms with van der Waals surface area (Å²) in [5, 5.41) is 11.4. The molecule has 1 atom stereocenters. The van der Waals surface area contributed by atoms with Gasteiger partial charge in [-0.25, -0.2) is 12.8 Å². The predicted octanol–water partition coefficient (Wildman–Crippen LogP) is 4.38. The van der Waals surface area contributed by atoms with Gasteiger partial charge < -0.3 is 10.8 Å². The van der Waals surface area contributed by atoms with E-state index in [4.69, 9.17) is 5.73 Å². The minimum absolute atomic E-state index is 0.0620. The van der Waals surface area contributed by atoms with Crippen LogP contribution in [0.2, 0.25) is 0 Å². The Labute approximate surface area is 199 Å². The van der Waals surface area contributed by atoms with Crippen molar-refractivity contribution in [3.63, 3.8) is 0 Å². The Bertz CT molecular complexity index is 1340. The van der Waals surface area contributed by atoms with E-state index >= 15 is 4.39 Å². The summed E-state index contributed by atoms with van der Waals surface area (Å²) in [6.45, 7) is 6.95. The monoisotopic (exact) mass is 484 g/mol. The third-order valence-electron chi connectivity index (χ3n) is 7.10. The van der Waals surface area contributed by atoms with Crippen molar-refractivity contribution in [2.75, 3.05) is 11.4 Å². The molecule has 2 aromatic rings. The molecule has 2 aromatic carbocycles. The maximum Gasteiger partial charge on any atom is 0.256 e. The van der Waals surface area contributed by atoms with Gasteiger partial charge in [0, 0.05) is 23.6 Å². The number of nitrogens with zero attached hydrogens (tertiary/aromatic N) is 1. The van der Waals surface area contributed by atoms with Crippen LogP contribution in [0.25, 0.3) is 16.7 Å². The fourth-order valence-electron chi connectivity index (χ4n) is 5.14. The van der Waals surface area contributed by atoms with E-state index in [1.165, 1.54) is 13.1 Å². The summed E-state index contributed by atoms with van der Waals surface area (Å²) in [5.41, 5.74) is 9.57. The standard InChI is InChI=1S/C26H29FN2O4S/c1-5-34(32,33)29(4)18-8-6-7-15(12-18)23-22(27)14-21(25(28)30)20-13-16-11-17(26(2,3)31)9-10-19(16)24(20)23/h5-8,12,14,17,31H,1,9-11,13H2,2-4H3,(H2,28,30)/t17-/m1/s1. The van der Waals surface area contributed by atoms with Crippen molar-refractivity contribution in [2.45, 2.75) is 45.1 Å². The molecule has 3 N–H and O–H groups in total. The first-order valence-electron chi connectivity index (χ1n) is 11.2. The minimum atomic E-state index is -3.72. The molecule has 2 aliphatic carbocycles. The summed E-state index contributed by atoms with van der Waals surface area (Å²) < 4.78 is 41.2. The second kappa shape index (κ2) is 8.36. The first-order valence-corrected chi connectivity index (χ1v) is 12.7. The van der Waals surface area contributed by atoms with Gasteiger partial charge in [-0.1, -0.05) is 24.3 Å². The molecule has 6 nitrogen and oxygen atoms in total. The number of anilines is 1. The average molecular weight is 485 g/mol. The lowest BCUT2D eigenvalue weighted by Gasteiger charge is -2.33. The van der Waals surface area contributed by atoms with E-state index in [-0.39, 0.29) is 11.5 Å². The zero-order valence-electron chi connectivity index (χ0n) is 19.6. The Hall–Kier alpha value is -2.97. The highest BCUT2D eigenvalue weighted by atomic mass is 32.2. The van der Waals surface area contributed by atoms with Gasteiger partial charge in [0.2, 0.25) is 5.91 Å². The normalized spacial score (nSPS) is 17.9. The number of benzene rings is 2. The summed E-state index contributed by atoms with van der Waals surface area (Å²) in [4.78, 5) is 12.2. The molecule has 0 radical (unpaired) electrons. The fourth-order valence-corrected chi connectivity index (χ4v) is 5.77. The number of allylic oxidation sites excluding steroid dienone is 2. The minimum Gasteiger partial charge on any atom is -0.390 e. The molecular weight excluding hydrogens is 455 g/mol. The number of sulfonamides is 1. The number of hydrogen-bond acceptors (Lipinski definition) is 4. The number of carbonyl (C=O) groups is 1. The molecule has 2 aliphatic rings. The molecular formula is C26H29FN2O4S. The lowest BCUT2D eigenvalue weighted by molar-refractivity contribution is 0.0123. The average Bonchev–Trinajstić information content (AvgIpc) is 3.15. The number of halogens is 1. The number of nitrogens with two attached hydrogens (primary N) is 1. The van der Waals surface area contributed by atoms with Crippen molar-refractivity contribution in [3.05, 3.63) is 70.4 Å². The number of carbonyl (C=O) groups excluding carboxylic acids is 1. The molecule has 0 bridgehead atoms. The van der Waals surface area contributed by atoms with Crippen LogP contribution in [0.1, 0.15) is 54.6 Å². The number of aliphatic hydroxyl groups is 1. The second-order valence-corrected chi connectivity index (χ2v) is 11.5. The Morgan fingerprint density at radius 3 is 2.62 bits per heavy atom. The van der Waals surface area contributed by atoms with Crippen LogP contribution in [0.15, 0.2) is 47.9 Å². The highest BCUT2D eigenvalue weighted by molar-refractivity contribution is 7.95. The lowest BCUT2D eigenvalue weighted by atomic mass is 9.75. The van der Waals surface area contributed by atoms with Crippen molar-refractivity contribution in [2.24, 2.45) is 11.7 Å². The number of hydrogen-bond donors (Lipinski definition) is 2. The third-order valence-corrected chi connectivity index (χ3v) is 8.49. The maximum absolute atomic E-state index is 15.6. The van der Waals surface area contributed by atoms with Crippen LogP contribution >= 0.6 is 0 Å². The van der Waals surface area contributed by atoms with Gasteiger partial charge in [0.25, 0.3) is 10.0 Å². The molecule has 180 valence electrons. The number of fused-ring (bicyclic) bond motifs is 2. The zero-order chi connectivity index (χ0) is 25.0. The largest absolute Gasteiger partial charge is 0.390 e. The van der Waals surface area contributed by atoms with Crippen LogP contribution in [-0.2, 0) is 16.4 Å². The Balaban J connectivity index is 1.90. The van der Waals surface area contributed by atoms with Gasteiger partial charge in [-0.2, -0.15) is 0 Å². The van der Waals surface area contributed by atoms with Crippen molar-refractivity contribution < 1.29 is 22.7 Å². The SMILES string of the molecule is C=CS(=O)(=O)N(C)c1cccc(-c2c(F)cc(C(N)=O)c3c2C2=C(C3)C[C@H](C(C)(C)O)CC2)c1. The van der Waals surface area contributed by atoms with E-state index in [0.29, 0.717) is 47.2 Å². The Morgan fingerprint density at radius 2 is 2.00 bits per heavy atom. The van der Waals surface area contributed by atoms with Gasteiger partial charge in [0.1, 0.15) is 5.82 Å². The van der Waals surface area contributed by atoms with E-state index in [1.54, 1.807) is 38.1 Å². The van der Waals surface area contributed by atoms with Gasteiger partial charge in [-0.15, -0.1) is 0 Å². The molecule has 34 heavy (non-hydrogen) atoms. The van der Waals surface area contributed by atoms with Crippen molar-refractivity contribution >= 4 is 27.2 Å². The van der Waals surface area contributed by atoms with Gasteiger partial charge in [-0.3, -0.25) is 9.10 Å². The molecule has 0 saturated heterocycles. The summed E-state index contributed by atoms with van der Waals surface area (Å²) >= 11 is 0. The number of amides is 1. The van der Waals surface area contributed by atoms with E-state index in [2.05, 4.69) is 6.58 Å². The molecule has 0 aliphatic heterocycles. The topological polar surface area (TPSA) is 101 Å². The number of primary amides is 1. The smallest absolute Gasteiger partial charge is 0.256 e.